The molecule has 15 heteroatoms. The molecular formula is C33H55N3O12. The smallest absolute Gasteiger partial charge is 0.328 e. The number of ether oxygens (including phenoxy) is 4. The van der Waals surface area contributed by atoms with Crippen LogP contribution in [0.2, 0.25) is 0 Å². The van der Waals surface area contributed by atoms with Crippen molar-refractivity contribution in [3.63, 3.8) is 0 Å². The van der Waals surface area contributed by atoms with Gasteiger partial charge in [-0.1, -0.05) is 38.5 Å². The Labute approximate surface area is 282 Å². The molecule has 3 aliphatic rings. The summed E-state index contributed by atoms with van der Waals surface area (Å²) in [6, 6.07) is -2.16. The summed E-state index contributed by atoms with van der Waals surface area (Å²) in [5.41, 5.74) is 0. The fraction of sp³-hybridized carbons (Fsp3) is 0.848. The number of esters is 2. The lowest BCUT2D eigenvalue weighted by Gasteiger charge is -2.42. The second-order valence-electron chi connectivity index (χ2n) is 13.1. The third-order valence-corrected chi connectivity index (χ3v) is 9.18. The zero-order valence-electron chi connectivity index (χ0n) is 28.1. The second kappa shape index (κ2) is 21.3. The molecule has 15 nitrogen and oxygen atoms in total. The van der Waals surface area contributed by atoms with Crippen molar-refractivity contribution in [3.05, 3.63) is 0 Å². The minimum Gasteiger partial charge on any atom is -0.465 e. The van der Waals surface area contributed by atoms with Crippen molar-refractivity contribution in [1.29, 1.82) is 0 Å². The van der Waals surface area contributed by atoms with Gasteiger partial charge in [0, 0.05) is 32.7 Å². The van der Waals surface area contributed by atoms with Gasteiger partial charge < -0.3 is 50.2 Å². The van der Waals surface area contributed by atoms with E-state index in [-0.39, 0.29) is 51.4 Å². The maximum absolute atomic E-state index is 13.0. The molecule has 1 saturated heterocycles. The number of carbonyl (C=O) groups excluding carboxylic acids is 5. The van der Waals surface area contributed by atoms with Crippen molar-refractivity contribution in [1.82, 2.24) is 16.0 Å². The largest absolute Gasteiger partial charge is 0.465 e. The topological polar surface area (TPSA) is 219 Å². The molecule has 3 amide bonds. The SMILES string of the molecule is CC(=O)N[C@H]1C(OCCNC(=O)CCC(=O)N[C@H](CCC(=O)OCC2CCCCC2)C(=O)OCC2CCCCC2)O[C@H](CO)[C@H](O)[C@@H]1O. The summed E-state index contributed by atoms with van der Waals surface area (Å²) in [6.45, 7) is 1.15. The first-order chi connectivity index (χ1) is 23.1. The van der Waals surface area contributed by atoms with E-state index in [9.17, 15) is 39.3 Å². The van der Waals surface area contributed by atoms with Gasteiger partial charge in [0.2, 0.25) is 17.7 Å². The number of carbonyl (C=O) groups is 5. The molecule has 3 rings (SSSR count). The van der Waals surface area contributed by atoms with E-state index in [2.05, 4.69) is 16.0 Å². The molecule has 48 heavy (non-hydrogen) atoms. The lowest BCUT2D eigenvalue weighted by Crippen LogP contribution is -2.64. The van der Waals surface area contributed by atoms with E-state index in [1.165, 1.54) is 19.8 Å². The first kappa shape index (κ1) is 39.6. The van der Waals surface area contributed by atoms with Crippen LogP contribution in [0.3, 0.4) is 0 Å². The van der Waals surface area contributed by atoms with E-state index in [1.807, 2.05) is 0 Å². The van der Waals surface area contributed by atoms with Gasteiger partial charge in [0.15, 0.2) is 6.29 Å². The van der Waals surface area contributed by atoms with Crippen LogP contribution in [-0.2, 0) is 42.9 Å². The average Bonchev–Trinajstić information content (AvgIpc) is 3.09. The highest BCUT2D eigenvalue weighted by atomic mass is 16.7. The maximum atomic E-state index is 13.0. The Morgan fingerprint density at radius 1 is 0.812 bits per heavy atom. The molecule has 0 radical (unpaired) electrons. The van der Waals surface area contributed by atoms with Crippen LogP contribution in [0, 0.1) is 11.8 Å². The van der Waals surface area contributed by atoms with E-state index in [0.717, 1.165) is 51.4 Å². The molecular weight excluding hydrogens is 630 g/mol. The number of hydrogen-bond donors (Lipinski definition) is 6. The van der Waals surface area contributed by atoms with Crippen molar-refractivity contribution in [2.24, 2.45) is 11.8 Å². The number of nitrogens with one attached hydrogen (secondary N) is 3. The molecule has 2 saturated carbocycles. The third-order valence-electron chi connectivity index (χ3n) is 9.18. The normalized spacial score (nSPS) is 25.8. The third kappa shape index (κ3) is 13.9. The molecule has 1 heterocycles. The molecule has 274 valence electrons. The summed E-state index contributed by atoms with van der Waals surface area (Å²) < 4.78 is 22.0. The molecule has 1 aliphatic heterocycles. The summed E-state index contributed by atoms with van der Waals surface area (Å²) in [6.07, 6.45) is 5.16. The molecule has 1 unspecified atom stereocenters. The molecule has 0 bridgehead atoms. The van der Waals surface area contributed by atoms with Crippen LogP contribution in [0.5, 0.6) is 0 Å². The number of aliphatic hydroxyl groups is 3. The van der Waals surface area contributed by atoms with Gasteiger partial charge in [-0.2, -0.15) is 0 Å². The summed E-state index contributed by atoms with van der Waals surface area (Å²) in [7, 11) is 0. The van der Waals surface area contributed by atoms with Gasteiger partial charge in [-0.15, -0.1) is 0 Å². The molecule has 3 fully saturated rings. The lowest BCUT2D eigenvalue weighted by atomic mass is 9.90. The highest BCUT2D eigenvalue weighted by Crippen LogP contribution is 2.25. The van der Waals surface area contributed by atoms with Crippen molar-refractivity contribution >= 4 is 29.7 Å². The van der Waals surface area contributed by atoms with E-state index < -0.39 is 73.0 Å². The van der Waals surface area contributed by atoms with Gasteiger partial charge >= 0.3 is 11.9 Å². The second-order valence-corrected chi connectivity index (χ2v) is 13.1. The van der Waals surface area contributed by atoms with E-state index in [1.54, 1.807) is 0 Å². The highest BCUT2D eigenvalue weighted by molar-refractivity contribution is 5.87. The summed E-state index contributed by atoms with van der Waals surface area (Å²) in [5.74, 6) is -1.91. The Morgan fingerprint density at radius 2 is 1.42 bits per heavy atom. The van der Waals surface area contributed by atoms with Gasteiger partial charge in [0.05, 0.1) is 26.4 Å². The van der Waals surface area contributed by atoms with Gasteiger partial charge in [-0.05, 0) is 43.9 Å². The van der Waals surface area contributed by atoms with Crippen molar-refractivity contribution in [3.8, 4) is 0 Å². The zero-order chi connectivity index (χ0) is 34.9. The first-order valence-corrected chi connectivity index (χ1v) is 17.5. The summed E-state index contributed by atoms with van der Waals surface area (Å²) >= 11 is 0. The van der Waals surface area contributed by atoms with Crippen molar-refractivity contribution < 1.29 is 58.2 Å². The zero-order valence-corrected chi connectivity index (χ0v) is 28.1. The summed E-state index contributed by atoms with van der Waals surface area (Å²) in [4.78, 5) is 62.2. The van der Waals surface area contributed by atoms with Gasteiger partial charge in [0.25, 0.3) is 0 Å². The fourth-order valence-corrected chi connectivity index (χ4v) is 6.36. The Balaban J connectivity index is 1.42. The van der Waals surface area contributed by atoms with Crippen LogP contribution in [0.15, 0.2) is 0 Å². The minimum absolute atomic E-state index is 0.00533. The van der Waals surface area contributed by atoms with Crippen molar-refractivity contribution in [2.45, 2.75) is 134 Å². The molecule has 6 N–H and O–H groups in total. The Bertz CT molecular complexity index is 1030. The minimum atomic E-state index is -1.46. The standard InChI is InChI=1S/C33H55N3O12/c1-21(38)35-29-31(43)30(42)25(18-37)48-33(29)45-17-16-34-26(39)13-14-27(40)36-24(32(44)47-20-23-10-6-3-7-11-23)12-15-28(41)46-19-22-8-4-2-5-9-22/h22-25,29-31,33,37,42-43H,2-20H2,1H3,(H,34,39)(H,35,38)(H,36,40)/t24-,25-,29-,30+,31-,33?/m1/s1. The lowest BCUT2D eigenvalue weighted by molar-refractivity contribution is -0.269. The van der Waals surface area contributed by atoms with E-state index in [0.29, 0.717) is 12.5 Å². The molecule has 0 aromatic heterocycles. The molecule has 0 spiro atoms. The van der Waals surface area contributed by atoms with Crippen LogP contribution in [-0.4, -0.2) is 115 Å². The Kier molecular flexibility index (Phi) is 17.6. The predicted octanol–water partition coefficient (Wildman–Crippen LogP) is 0.355. The molecule has 6 atom stereocenters. The number of hydrogen-bond acceptors (Lipinski definition) is 12. The molecule has 2 aliphatic carbocycles. The Morgan fingerprint density at radius 3 is 2.02 bits per heavy atom. The monoisotopic (exact) mass is 685 g/mol. The van der Waals surface area contributed by atoms with Crippen LogP contribution in [0.4, 0.5) is 0 Å². The summed E-state index contributed by atoms with van der Waals surface area (Å²) in [5, 5.41) is 37.5. The number of rotatable bonds is 18. The van der Waals surface area contributed by atoms with Gasteiger partial charge in [-0.25, -0.2) is 4.79 Å². The molecule has 0 aromatic rings. The van der Waals surface area contributed by atoms with E-state index in [4.69, 9.17) is 18.9 Å². The average molecular weight is 686 g/mol. The Hall–Kier alpha value is -2.85. The fourth-order valence-electron chi connectivity index (χ4n) is 6.36. The van der Waals surface area contributed by atoms with E-state index >= 15 is 0 Å². The quantitative estimate of drug-likeness (QED) is 0.0851. The number of aliphatic hydroxyl groups excluding tert-OH is 3. The van der Waals surface area contributed by atoms with Gasteiger partial charge in [-0.3, -0.25) is 19.2 Å². The van der Waals surface area contributed by atoms with Gasteiger partial charge in [0.1, 0.15) is 30.4 Å². The van der Waals surface area contributed by atoms with Crippen LogP contribution >= 0.6 is 0 Å². The van der Waals surface area contributed by atoms with Crippen LogP contribution in [0.25, 0.3) is 0 Å². The van der Waals surface area contributed by atoms with Crippen molar-refractivity contribution in [2.75, 3.05) is 33.0 Å². The highest BCUT2D eigenvalue weighted by Gasteiger charge is 2.45. The maximum Gasteiger partial charge on any atom is 0.328 e. The predicted molar refractivity (Wildman–Crippen MR) is 170 cm³/mol. The number of amides is 3. The van der Waals surface area contributed by atoms with Crippen LogP contribution < -0.4 is 16.0 Å². The first-order valence-electron chi connectivity index (χ1n) is 17.5. The van der Waals surface area contributed by atoms with Crippen LogP contribution in [0.1, 0.15) is 96.8 Å². The molecule has 0 aromatic carbocycles.